The highest BCUT2D eigenvalue weighted by molar-refractivity contribution is 14.0. The number of carbonyl (C=O) groups excluding carboxylic acids is 1. The van der Waals surface area contributed by atoms with Gasteiger partial charge in [0.1, 0.15) is 6.54 Å². The number of nitrogens with zero attached hydrogens (tertiary/aromatic N) is 2. The number of thioether (sulfide) groups is 1. The van der Waals surface area contributed by atoms with E-state index < -0.39 is 0 Å². The van der Waals surface area contributed by atoms with Crippen LogP contribution in [0.5, 0.6) is 0 Å². The molecule has 0 aliphatic rings. The van der Waals surface area contributed by atoms with Crippen LogP contribution in [0.3, 0.4) is 0 Å². The van der Waals surface area contributed by atoms with Gasteiger partial charge in [0.25, 0.3) is 0 Å². The molecule has 142 valence electrons. The van der Waals surface area contributed by atoms with Crippen molar-refractivity contribution < 1.29 is 4.79 Å². The smallest absolute Gasteiger partial charge is 0.243 e. The summed E-state index contributed by atoms with van der Waals surface area (Å²) in [5.74, 6) is 1.66. The third-order valence-electron chi connectivity index (χ3n) is 3.72. The SMILES string of the molecule is CSCCNC(=NCC(=O)N(C)C)NCC(C)(C)c1ccccc1.I. The molecule has 25 heavy (non-hydrogen) atoms. The van der Waals surface area contributed by atoms with Gasteiger partial charge in [-0.1, -0.05) is 44.2 Å². The second-order valence-corrected chi connectivity index (χ2v) is 7.46. The van der Waals surface area contributed by atoms with E-state index in [1.807, 2.05) is 6.07 Å². The van der Waals surface area contributed by atoms with Gasteiger partial charge in [0.05, 0.1) is 0 Å². The molecule has 0 bridgehead atoms. The van der Waals surface area contributed by atoms with Crippen LogP contribution in [0, 0.1) is 0 Å². The number of guanidine groups is 1. The summed E-state index contributed by atoms with van der Waals surface area (Å²) in [6, 6.07) is 10.4. The van der Waals surface area contributed by atoms with Crippen molar-refractivity contribution in [3.8, 4) is 0 Å². The molecule has 0 atom stereocenters. The molecule has 5 nitrogen and oxygen atoms in total. The topological polar surface area (TPSA) is 56.7 Å². The number of benzene rings is 1. The van der Waals surface area contributed by atoms with E-state index in [1.165, 1.54) is 5.56 Å². The second kappa shape index (κ2) is 12.4. The average molecular weight is 478 g/mol. The molecule has 0 aliphatic heterocycles. The van der Waals surface area contributed by atoms with Gasteiger partial charge in [-0.05, 0) is 11.8 Å². The summed E-state index contributed by atoms with van der Waals surface area (Å²) < 4.78 is 0. The summed E-state index contributed by atoms with van der Waals surface area (Å²) in [6.07, 6.45) is 2.07. The van der Waals surface area contributed by atoms with Crippen LogP contribution in [-0.2, 0) is 10.2 Å². The molecule has 0 radical (unpaired) electrons. The molecular formula is C18H31IN4OS. The van der Waals surface area contributed by atoms with Crippen molar-refractivity contribution >= 4 is 47.6 Å². The molecule has 1 aromatic carbocycles. The van der Waals surface area contributed by atoms with E-state index in [4.69, 9.17) is 0 Å². The molecule has 2 N–H and O–H groups in total. The zero-order valence-electron chi connectivity index (χ0n) is 15.8. The number of hydrogen-bond acceptors (Lipinski definition) is 3. The number of likely N-dealkylation sites (N-methyl/N-ethyl adjacent to an activating group) is 1. The van der Waals surface area contributed by atoms with Gasteiger partial charge in [-0.3, -0.25) is 4.79 Å². The van der Waals surface area contributed by atoms with Gasteiger partial charge < -0.3 is 15.5 Å². The molecule has 0 saturated heterocycles. The zero-order valence-corrected chi connectivity index (χ0v) is 19.0. The van der Waals surface area contributed by atoms with Crippen molar-refractivity contribution in [3.05, 3.63) is 35.9 Å². The van der Waals surface area contributed by atoms with E-state index in [0.717, 1.165) is 18.8 Å². The lowest BCUT2D eigenvalue weighted by Gasteiger charge is -2.27. The third kappa shape index (κ3) is 9.34. The minimum Gasteiger partial charge on any atom is -0.356 e. The molecule has 1 rings (SSSR count). The lowest BCUT2D eigenvalue weighted by atomic mass is 9.85. The summed E-state index contributed by atoms with van der Waals surface area (Å²) in [6.45, 7) is 6.08. The number of rotatable bonds is 8. The lowest BCUT2D eigenvalue weighted by Crippen LogP contribution is -2.44. The first kappa shape index (κ1) is 24.0. The standard InChI is InChI=1S/C18H30N4OS.HI/c1-18(2,15-9-7-6-8-10-15)14-21-17(19-11-12-24-5)20-13-16(23)22(3)4;/h6-10H,11-14H2,1-5H3,(H2,19,20,21);1H. The monoisotopic (exact) mass is 478 g/mol. The number of nitrogens with one attached hydrogen (secondary N) is 2. The van der Waals surface area contributed by atoms with Gasteiger partial charge >= 0.3 is 0 Å². The van der Waals surface area contributed by atoms with Crippen molar-refractivity contribution in [3.63, 3.8) is 0 Å². The molecule has 0 unspecified atom stereocenters. The Bertz CT molecular complexity index is 535. The first-order valence-electron chi connectivity index (χ1n) is 8.13. The number of carbonyl (C=O) groups is 1. The van der Waals surface area contributed by atoms with E-state index in [-0.39, 0.29) is 41.8 Å². The summed E-state index contributed by atoms with van der Waals surface area (Å²) in [5.41, 5.74) is 1.24. The molecule has 0 spiro atoms. The maximum absolute atomic E-state index is 11.8. The highest BCUT2D eigenvalue weighted by Crippen LogP contribution is 2.21. The number of aliphatic imine (C=N–C) groups is 1. The molecule has 1 aromatic rings. The highest BCUT2D eigenvalue weighted by Gasteiger charge is 2.20. The Morgan fingerprint density at radius 1 is 1.20 bits per heavy atom. The summed E-state index contributed by atoms with van der Waals surface area (Å²) >= 11 is 1.77. The first-order valence-corrected chi connectivity index (χ1v) is 9.53. The van der Waals surface area contributed by atoms with E-state index in [0.29, 0.717) is 5.96 Å². The zero-order chi connectivity index (χ0) is 18.0. The maximum Gasteiger partial charge on any atom is 0.243 e. The third-order valence-corrected chi connectivity index (χ3v) is 4.34. The maximum atomic E-state index is 11.8. The van der Waals surface area contributed by atoms with E-state index in [9.17, 15) is 4.79 Å². The number of halogens is 1. The Balaban J connectivity index is 0.00000576. The predicted octanol–water partition coefficient (Wildman–Crippen LogP) is 2.57. The van der Waals surface area contributed by atoms with E-state index in [2.05, 4.69) is 60.0 Å². The van der Waals surface area contributed by atoms with Crippen molar-refractivity contribution in [1.82, 2.24) is 15.5 Å². The molecular weight excluding hydrogens is 447 g/mol. The fraction of sp³-hybridized carbons (Fsp3) is 0.556. The van der Waals surface area contributed by atoms with Gasteiger partial charge in [-0.25, -0.2) is 4.99 Å². The minimum absolute atomic E-state index is 0. The Hall–Kier alpha value is -0.960. The van der Waals surface area contributed by atoms with E-state index in [1.54, 1.807) is 30.8 Å². The summed E-state index contributed by atoms with van der Waals surface area (Å²) in [5, 5.41) is 6.66. The van der Waals surface area contributed by atoms with Crippen LogP contribution in [0.25, 0.3) is 0 Å². The van der Waals surface area contributed by atoms with Crippen LogP contribution in [0.15, 0.2) is 35.3 Å². The summed E-state index contributed by atoms with van der Waals surface area (Å²) in [7, 11) is 3.48. The summed E-state index contributed by atoms with van der Waals surface area (Å²) in [4.78, 5) is 17.7. The molecule has 0 aromatic heterocycles. The minimum atomic E-state index is -0.0330. The molecule has 0 fully saturated rings. The first-order chi connectivity index (χ1) is 11.4. The van der Waals surface area contributed by atoms with Crippen molar-refractivity contribution in [2.24, 2.45) is 4.99 Å². The molecule has 0 heterocycles. The molecule has 0 aliphatic carbocycles. The van der Waals surface area contributed by atoms with Crippen molar-refractivity contribution in [2.45, 2.75) is 19.3 Å². The fourth-order valence-corrected chi connectivity index (χ4v) is 2.34. The Morgan fingerprint density at radius 2 is 1.84 bits per heavy atom. The van der Waals surface area contributed by atoms with Gasteiger partial charge in [-0.2, -0.15) is 11.8 Å². The Kier molecular flexibility index (Phi) is 11.9. The number of hydrogen-bond donors (Lipinski definition) is 2. The van der Waals surface area contributed by atoms with Crippen LogP contribution in [0.2, 0.25) is 0 Å². The molecule has 0 saturated carbocycles. The van der Waals surface area contributed by atoms with Crippen LogP contribution in [0.1, 0.15) is 19.4 Å². The van der Waals surface area contributed by atoms with Crippen LogP contribution >= 0.6 is 35.7 Å². The number of amides is 1. The quantitative estimate of drug-likeness (QED) is 0.261. The van der Waals surface area contributed by atoms with Crippen LogP contribution < -0.4 is 10.6 Å². The van der Waals surface area contributed by atoms with Crippen LogP contribution in [0.4, 0.5) is 0 Å². The average Bonchev–Trinajstić information content (AvgIpc) is 2.57. The largest absolute Gasteiger partial charge is 0.356 e. The lowest BCUT2D eigenvalue weighted by molar-refractivity contribution is -0.127. The van der Waals surface area contributed by atoms with Crippen LogP contribution in [-0.4, -0.2) is 62.5 Å². The van der Waals surface area contributed by atoms with E-state index >= 15 is 0 Å². The molecule has 7 heteroatoms. The second-order valence-electron chi connectivity index (χ2n) is 6.48. The predicted molar refractivity (Wildman–Crippen MR) is 120 cm³/mol. The normalized spacial score (nSPS) is 11.5. The fourth-order valence-electron chi connectivity index (χ4n) is 2.03. The van der Waals surface area contributed by atoms with Crippen molar-refractivity contribution in [1.29, 1.82) is 0 Å². The van der Waals surface area contributed by atoms with Gasteiger partial charge in [-0.15, -0.1) is 24.0 Å². The van der Waals surface area contributed by atoms with Gasteiger partial charge in [0.15, 0.2) is 5.96 Å². The highest BCUT2D eigenvalue weighted by atomic mass is 127. The van der Waals surface area contributed by atoms with Crippen molar-refractivity contribution in [2.75, 3.05) is 45.7 Å². The van der Waals surface area contributed by atoms with Gasteiger partial charge in [0.2, 0.25) is 5.91 Å². The Labute approximate surface area is 173 Å². The van der Waals surface area contributed by atoms with Gasteiger partial charge in [0, 0.05) is 38.4 Å². The molecule has 1 amide bonds. The Morgan fingerprint density at radius 3 is 2.40 bits per heavy atom.